The highest BCUT2D eigenvalue weighted by atomic mass is 16.6. The van der Waals surface area contributed by atoms with Crippen molar-refractivity contribution < 1.29 is 57.2 Å². The molecule has 0 spiro atoms. The SMILES string of the molecule is CCCCCC/C=C\COC(=O)CCCCCCCN(CCCCCCCC(=O)OC/C=C\CCCCCC)CCCC(=O)OCCN1CC(C)N(CCOC(=O)CCCN(CCCCCCCC(=O)OC/C=C\CCCCCC)CCCCCCCC(=O)OC/C=C\CCCCCC)CC1C. The van der Waals surface area contributed by atoms with E-state index in [-0.39, 0.29) is 47.9 Å². The number of rotatable bonds is 74. The Labute approximate surface area is 625 Å². The number of piperazine rings is 1. The molecule has 1 saturated heterocycles. The van der Waals surface area contributed by atoms with Crippen molar-refractivity contribution in [3.05, 3.63) is 48.6 Å². The van der Waals surface area contributed by atoms with Gasteiger partial charge in [0.05, 0.1) is 0 Å². The van der Waals surface area contributed by atoms with E-state index in [0.29, 0.717) is 91.3 Å². The Balaban J connectivity index is 2.54. The zero-order chi connectivity index (χ0) is 74.1. The van der Waals surface area contributed by atoms with Crippen molar-refractivity contribution in [1.29, 1.82) is 0 Å². The van der Waals surface area contributed by atoms with Crippen molar-refractivity contribution >= 4 is 35.8 Å². The molecule has 102 heavy (non-hydrogen) atoms. The van der Waals surface area contributed by atoms with Crippen LogP contribution in [0.5, 0.6) is 0 Å². The van der Waals surface area contributed by atoms with Crippen LogP contribution in [0.4, 0.5) is 0 Å². The molecule has 16 heteroatoms. The summed E-state index contributed by atoms with van der Waals surface area (Å²) in [6, 6.07) is 0.536. The zero-order valence-corrected chi connectivity index (χ0v) is 66.7. The van der Waals surface area contributed by atoms with Crippen LogP contribution in [0.2, 0.25) is 0 Å². The Kier molecular flexibility index (Phi) is 68.9. The van der Waals surface area contributed by atoms with Crippen LogP contribution in [0, 0.1) is 0 Å². The van der Waals surface area contributed by atoms with Crippen LogP contribution in [0.3, 0.4) is 0 Å². The van der Waals surface area contributed by atoms with Crippen LogP contribution in [0.15, 0.2) is 48.6 Å². The van der Waals surface area contributed by atoms with Crippen LogP contribution < -0.4 is 0 Å². The van der Waals surface area contributed by atoms with E-state index in [0.717, 1.165) is 219 Å². The van der Waals surface area contributed by atoms with Gasteiger partial charge >= 0.3 is 35.8 Å². The van der Waals surface area contributed by atoms with Gasteiger partial charge in [-0.1, -0.05) is 230 Å². The van der Waals surface area contributed by atoms with Crippen LogP contribution in [-0.4, -0.2) is 173 Å². The van der Waals surface area contributed by atoms with E-state index in [1.165, 1.54) is 103 Å². The summed E-state index contributed by atoms with van der Waals surface area (Å²) < 4.78 is 33.3. The normalized spacial score (nSPS) is 14.5. The molecule has 0 radical (unpaired) electrons. The summed E-state index contributed by atoms with van der Waals surface area (Å²) in [6.45, 7) is 24.2. The van der Waals surface area contributed by atoms with Gasteiger partial charge in [0, 0.05) is 76.8 Å². The van der Waals surface area contributed by atoms with E-state index in [9.17, 15) is 28.8 Å². The third-order valence-electron chi connectivity index (χ3n) is 19.6. The molecule has 0 saturated carbocycles. The fourth-order valence-corrected chi connectivity index (χ4v) is 13.0. The van der Waals surface area contributed by atoms with Gasteiger partial charge in [-0.05, 0) is 169 Å². The van der Waals surface area contributed by atoms with E-state index in [4.69, 9.17) is 28.4 Å². The maximum atomic E-state index is 13.1. The molecule has 0 aliphatic carbocycles. The van der Waals surface area contributed by atoms with E-state index >= 15 is 0 Å². The van der Waals surface area contributed by atoms with Crippen LogP contribution in [0.1, 0.15) is 350 Å². The van der Waals surface area contributed by atoms with Crippen molar-refractivity contribution in [2.24, 2.45) is 0 Å². The molecule has 2 unspecified atom stereocenters. The van der Waals surface area contributed by atoms with Crippen molar-refractivity contribution in [2.75, 3.05) is 105 Å². The minimum Gasteiger partial charge on any atom is -0.464 e. The average Bonchev–Trinajstić information content (AvgIpc) is 0.855. The largest absolute Gasteiger partial charge is 0.464 e. The van der Waals surface area contributed by atoms with Gasteiger partial charge in [-0.2, -0.15) is 0 Å². The Morgan fingerprint density at radius 2 is 0.490 bits per heavy atom. The van der Waals surface area contributed by atoms with Crippen LogP contribution in [0.25, 0.3) is 0 Å². The molecule has 0 aromatic carbocycles. The molecule has 2 atom stereocenters. The lowest BCUT2D eigenvalue weighted by molar-refractivity contribution is -0.146. The molecular weight excluding hydrogens is 1280 g/mol. The molecule has 0 N–H and O–H groups in total. The van der Waals surface area contributed by atoms with Gasteiger partial charge in [0.25, 0.3) is 0 Å². The Hall–Kier alpha value is -4.38. The third-order valence-corrected chi connectivity index (χ3v) is 19.6. The highest BCUT2D eigenvalue weighted by Gasteiger charge is 2.29. The van der Waals surface area contributed by atoms with Crippen molar-refractivity contribution in [1.82, 2.24) is 19.6 Å². The van der Waals surface area contributed by atoms with E-state index in [1.54, 1.807) is 0 Å². The Morgan fingerprint density at radius 1 is 0.275 bits per heavy atom. The topological polar surface area (TPSA) is 171 Å². The number of hydrogen-bond acceptors (Lipinski definition) is 16. The standard InChI is InChI=1S/C86H156N4O12/c1-7-11-15-19-23-39-51-71-97-81(91)57-43-31-27-35-47-63-87(64-48-36-28-32-44-58-82(92)98-72-52-40-24-20-16-12-8-2)67-55-61-85(95)101-75-69-89-77-80(6)90(78-79(89)5)70-76-102-86(96)62-56-68-88(65-49-37-29-33-45-59-83(93)99-73-53-41-25-21-17-13-9-3)66-50-38-30-34-46-60-84(94)100-74-54-42-26-22-18-14-10-4/h39-42,51-54,79-80H,7-38,43-50,55-78H2,1-6H3/b51-39-,52-40-,53-41-,54-42-. The Bertz CT molecular complexity index is 1850. The molecule has 1 aliphatic rings. The number of nitrogens with zero attached hydrogens (tertiary/aromatic N) is 4. The number of carbonyl (C=O) groups excluding carboxylic acids is 6. The molecule has 1 heterocycles. The molecule has 16 nitrogen and oxygen atoms in total. The maximum Gasteiger partial charge on any atom is 0.306 e. The number of esters is 6. The summed E-state index contributed by atoms with van der Waals surface area (Å²) in [5.74, 6) is -0.732. The molecule has 0 aromatic rings. The molecular formula is C86H156N4O12. The summed E-state index contributed by atoms with van der Waals surface area (Å²) in [5.41, 5.74) is 0. The van der Waals surface area contributed by atoms with Crippen LogP contribution >= 0.6 is 0 Å². The monoisotopic (exact) mass is 1440 g/mol. The quantitative estimate of drug-likeness (QED) is 0.0244. The van der Waals surface area contributed by atoms with E-state index in [1.807, 2.05) is 24.3 Å². The second kappa shape index (κ2) is 73.5. The third kappa shape index (κ3) is 64.0. The molecule has 1 aliphatic heterocycles. The minimum absolute atomic E-state index is 0.111. The molecule has 1 rings (SSSR count). The van der Waals surface area contributed by atoms with E-state index in [2.05, 4.69) is 85.4 Å². The number of carbonyl (C=O) groups is 6. The number of ether oxygens (including phenoxy) is 6. The van der Waals surface area contributed by atoms with Crippen molar-refractivity contribution in [3.63, 3.8) is 0 Å². The first-order valence-corrected chi connectivity index (χ1v) is 42.4. The minimum atomic E-state index is -0.144. The highest BCUT2D eigenvalue weighted by Crippen LogP contribution is 2.18. The summed E-state index contributed by atoms with van der Waals surface area (Å²) in [4.78, 5) is 85.2. The molecule has 1 fully saturated rings. The second-order valence-electron chi connectivity index (χ2n) is 29.1. The fraction of sp³-hybridized carbons (Fsp3) is 0.837. The van der Waals surface area contributed by atoms with Gasteiger partial charge < -0.3 is 38.2 Å². The van der Waals surface area contributed by atoms with Crippen molar-refractivity contribution in [3.8, 4) is 0 Å². The Morgan fingerprint density at radius 3 is 0.755 bits per heavy atom. The first-order valence-electron chi connectivity index (χ1n) is 42.4. The number of unbranched alkanes of at least 4 members (excludes halogenated alkanes) is 32. The fourth-order valence-electron chi connectivity index (χ4n) is 13.0. The molecule has 592 valence electrons. The predicted molar refractivity (Wildman–Crippen MR) is 422 cm³/mol. The number of hydrogen-bond donors (Lipinski definition) is 0. The van der Waals surface area contributed by atoms with Crippen molar-refractivity contribution in [2.45, 2.75) is 362 Å². The lowest BCUT2D eigenvalue weighted by Crippen LogP contribution is -2.57. The van der Waals surface area contributed by atoms with Gasteiger partial charge in [0.1, 0.15) is 39.6 Å². The first-order chi connectivity index (χ1) is 49.9. The smallest absolute Gasteiger partial charge is 0.306 e. The van der Waals surface area contributed by atoms with Gasteiger partial charge in [0.15, 0.2) is 0 Å². The summed E-state index contributed by atoms with van der Waals surface area (Å²) in [7, 11) is 0. The number of allylic oxidation sites excluding steroid dienone is 4. The van der Waals surface area contributed by atoms with Gasteiger partial charge in [0.2, 0.25) is 0 Å². The first kappa shape index (κ1) is 95.6. The lowest BCUT2D eigenvalue weighted by atomic mass is 10.1. The summed E-state index contributed by atoms with van der Waals surface area (Å²) in [6.07, 6.45) is 65.1. The molecule has 0 aromatic heterocycles. The van der Waals surface area contributed by atoms with Gasteiger partial charge in [-0.25, -0.2) is 0 Å². The summed E-state index contributed by atoms with van der Waals surface area (Å²) in [5, 5.41) is 0. The van der Waals surface area contributed by atoms with Gasteiger partial charge in [-0.3, -0.25) is 38.6 Å². The molecule has 0 amide bonds. The zero-order valence-electron chi connectivity index (χ0n) is 66.7. The van der Waals surface area contributed by atoms with E-state index < -0.39 is 0 Å². The average molecular weight is 1440 g/mol. The summed E-state index contributed by atoms with van der Waals surface area (Å²) >= 11 is 0. The maximum absolute atomic E-state index is 13.1. The lowest BCUT2D eigenvalue weighted by Gasteiger charge is -2.44. The highest BCUT2D eigenvalue weighted by molar-refractivity contribution is 5.71. The predicted octanol–water partition coefficient (Wildman–Crippen LogP) is 20.3. The van der Waals surface area contributed by atoms with Crippen LogP contribution in [-0.2, 0) is 57.2 Å². The van der Waals surface area contributed by atoms with Gasteiger partial charge in [-0.15, -0.1) is 0 Å². The molecule has 0 bridgehead atoms. The second-order valence-corrected chi connectivity index (χ2v) is 29.1.